The summed E-state index contributed by atoms with van der Waals surface area (Å²) in [5.41, 5.74) is 0.542. The topological polar surface area (TPSA) is 76.7 Å². The molecule has 3 rings (SSSR count). The molecule has 0 unspecified atom stereocenters. The summed E-state index contributed by atoms with van der Waals surface area (Å²) < 4.78 is 15.7. The van der Waals surface area contributed by atoms with Gasteiger partial charge in [0.15, 0.2) is 11.0 Å². The summed E-state index contributed by atoms with van der Waals surface area (Å²) in [6.45, 7) is 0. The third-order valence-electron chi connectivity index (χ3n) is 2.69. The smallest absolute Gasteiger partial charge is 0.214 e. The molecule has 0 atom stereocenters. The van der Waals surface area contributed by atoms with E-state index < -0.39 is 5.82 Å². The Balaban J connectivity index is 0.00000176. The summed E-state index contributed by atoms with van der Waals surface area (Å²) in [5.74, 6) is -0.985. The lowest BCUT2D eigenvalue weighted by molar-refractivity contribution is 0.452. The molecule has 0 radical (unpaired) electrons. The number of hydrogen-bond acceptors (Lipinski definition) is 5. The summed E-state index contributed by atoms with van der Waals surface area (Å²) in [7, 11) is 0. The highest BCUT2D eigenvalue weighted by Gasteiger charge is 2.18. The molecular weight excluding hydrogens is 400 g/mol. The van der Waals surface area contributed by atoms with E-state index in [1.807, 2.05) is 0 Å². The van der Waals surface area contributed by atoms with Crippen LogP contribution in [0.1, 0.15) is 0 Å². The van der Waals surface area contributed by atoms with Crippen molar-refractivity contribution < 1.29 is 9.50 Å². The second-order valence-corrected chi connectivity index (χ2v) is 4.80. The van der Waals surface area contributed by atoms with Crippen LogP contribution >= 0.6 is 40.2 Å². The van der Waals surface area contributed by atoms with E-state index >= 15 is 0 Å². The molecular formula is C12H7BrCl2FN5O. The van der Waals surface area contributed by atoms with Gasteiger partial charge >= 0.3 is 0 Å². The van der Waals surface area contributed by atoms with Crippen molar-refractivity contribution in [3.05, 3.63) is 46.7 Å². The summed E-state index contributed by atoms with van der Waals surface area (Å²) in [6, 6.07) is 4.15. The van der Waals surface area contributed by atoms with Crippen molar-refractivity contribution >= 4 is 40.2 Å². The molecule has 0 bridgehead atoms. The Hall–Kier alpha value is -1.77. The van der Waals surface area contributed by atoms with Gasteiger partial charge in [0.25, 0.3) is 0 Å². The molecule has 10 heteroatoms. The van der Waals surface area contributed by atoms with Crippen molar-refractivity contribution in [1.82, 2.24) is 25.0 Å². The highest BCUT2D eigenvalue weighted by molar-refractivity contribution is 8.93. The van der Waals surface area contributed by atoms with Crippen molar-refractivity contribution in [2.75, 3.05) is 0 Å². The van der Waals surface area contributed by atoms with E-state index in [1.54, 1.807) is 6.07 Å². The Morgan fingerprint density at radius 3 is 2.59 bits per heavy atom. The standard InChI is InChI=1S/C12H6Cl2FN5O.BrH/c13-6-1-2-8(20-4-9(14)18-19-20)11(12(6)15)7-3-10(21)17-5-16-7;/h1-5H,(H,16,17,21);1H. The van der Waals surface area contributed by atoms with Crippen LogP contribution in [0.25, 0.3) is 16.9 Å². The highest BCUT2D eigenvalue weighted by Crippen LogP contribution is 2.33. The van der Waals surface area contributed by atoms with E-state index in [9.17, 15) is 9.50 Å². The Labute approximate surface area is 144 Å². The molecule has 1 aromatic carbocycles. The molecule has 0 aliphatic carbocycles. The molecule has 6 nitrogen and oxygen atoms in total. The number of benzene rings is 1. The molecule has 0 saturated carbocycles. The lowest BCUT2D eigenvalue weighted by Crippen LogP contribution is -2.02. The highest BCUT2D eigenvalue weighted by atomic mass is 79.9. The van der Waals surface area contributed by atoms with Gasteiger partial charge in [-0.2, -0.15) is 0 Å². The van der Waals surface area contributed by atoms with Crippen molar-refractivity contribution in [1.29, 1.82) is 0 Å². The van der Waals surface area contributed by atoms with E-state index in [0.717, 1.165) is 6.33 Å². The first-order valence-electron chi connectivity index (χ1n) is 5.64. The van der Waals surface area contributed by atoms with Crippen molar-refractivity contribution in [3.8, 4) is 22.8 Å². The second-order valence-electron chi connectivity index (χ2n) is 4.00. The summed E-state index contributed by atoms with van der Waals surface area (Å²) in [6.07, 6.45) is 2.53. The monoisotopic (exact) mass is 405 g/mol. The molecule has 0 spiro atoms. The zero-order valence-electron chi connectivity index (χ0n) is 10.6. The van der Waals surface area contributed by atoms with Gasteiger partial charge in [0, 0.05) is 6.07 Å². The van der Waals surface area contributed by atoms with E-state index in [2.05, 4.69) is 20.3 Å². The SMILES string of the molecule is Br.Oc1cc(-c2c(-n3cc(Cl)nn3)ccc(Cl)c2F)ncn1. The van der Waals surface area contributed by atoms with Gasteiger partial charge in [-0.15, -0.1) is 22.1 Å². The van der Waals surface area contributed by atoms with Crippen LogP contribution in [0.5, 0.6) is 5.88 Å². The minimum absolute atomic E-state index is 0. The molecule has 2 heterocycles. The first kappa shape index (κ1) is 16.6. The first-order chi connectivity index (χ1) is 10.1. The molecule has 1 N–H and O–H groups in total. The van der Waals surface area contributed by atoms with Gasteiger partial charge in [-0.3, -0.25) is 0 Å². The molecule has 3 aromatic rings. The van der Waals surface area contributed by atoms with E-state index in [1.165, 1.54) is 23.0 Å². The van der Waals surface area contributed by atoms with Gasteiger partial charge in [-0.25, -0.2) is 19.0 Å². The van der Waals surface area contributed by atoms with Crippen LogP contribution in [0.2, 0.25) is 10.2 Å². The molecule has 114 valence electrons. The van der Waals surface area contributed by atoms with Gasteiger partial charge in [-0.1, -0.05) is 28.4 Å². The number of aromatic nitrogens is 5. The average molecular weight is 407 g/mol. The van der Waals surface area contributed by atoms with Crippen LogP contribution in [-0.4, -0.2) is 30.1 Å². The lowest BCUT2D eigenvalue weighted by atomic mass is 10.1. The third kappa shape index (κ3) is 3.03. The van der Waals surface area contributed by atoms with Crippen LogP contribution in [0.4, 0.5) is 4.39 Å². The van der Waals surface area contributed by atoms with Crippen LogP contribution in [0.3, 0.4) is 0 Å². The quantitative estimate of drug-likeness (QED) is 0.705. The molecule has 2 aromatic heterocycles. The number of nitrogens with zero attached hydrogens (tertiary/aromatic N) is 5. The van der Waals surface area contributed by atoms with Crippen LogP contribution in [-0.2, 0) is 0 Å². The maximum Gasteiger partial charge on any atom is 0.214 e. The van der Waals surface area contributed by atoms with Crippen molar-refractivity contribution in [2.45, 2.75) is 0 Å². The summed E-state index contributed by atoms with van der Waals surface area (Å²) in [4.78, 5) is 7.50. The Bertz CT molecular complexity index is 829. The van der Waals surface area contributed by atoms with E-state index in [0.29, 0.717) is 5.69 Å². The van der Waals surface area contributed by atoms with Gasteiger partial charge in [0.2, 0.25) is 5.88 Å². The largest absolute Gasteiger partial charge is 0.493 e. The molecule has 0 amide bonds. The number of hydrogen-bond donors (Lipinski definition) is 1. The fourth-order valence-corrected chi connectivity index (χ4v) is 2.10. The number of halogens is 4. The molecule has 0 aliphatic rings. The number of rotatable bonds is 2. The first-order valence-corrected chi connectivity index (χ1v) is 6.39. The van der Waals surface area contributed by atoms with Gasteiger partial charge in [0.1, 0.15) is 6.33 Å². The fourth-order valence-electron chi connectivity index (χ4n) is 1.82. The fraction of sp³-hybridized carbons (Fsp3) is 0. The van der Waals surface area contributed by atoms with Gasteiger partial charge in [0.05, 0.1) is 28.2 Å². The third-order valence-corrected chi connectivity index (χ3v) is 3.16. The van der Waals surface area contributed by atoms with Crippen molar-refractivity contribution in [2.24, 2.45) is 0 Å². The van der Waals surface area contributed by atoms with E-state index in [-0.39, 0.29) is 44.3 Å². The maximum atomic E-state index is 14.4. The Morgan fingerprint density at radius 2 is 1.95 bits per heavy atom. The van der Waals surface area contributed by atoms with Crippen LogP contribution < -0.4 is 0 Å². The number of aromatic hydroxyl groups is 1. The maximum absolute atomic E-state index is 14.4. The zero-order valence-corrected chi connectivity index (χ0v) is 13.8. The van der Waals surface area contributed by atoms with Gasteiger partial charge < -0.3 is 5.11 Å². The average Bonchev–Trinajstić information content (AvgIpc) is 2.88. The summed E-state index contributed by atoms with van der Waals surface area (Å²) in [5, 5.41) is 16.9. The Morgan fingerprint density at radius 1 is 1.18 bits per heavy atom. The van der Waals surface area contributed by atoms with E-state index in [4.69, 9.17) is 23.2 Å². The normalized spacial score (nSPS) is 10.3. The molecule has 0 aliphatic heterocycles. The Kier molecular flexibility index (Phi) is 4.94. The predicted molar refractivity (Wildman–Crippen MR) is 84.3 cm³/mol. The zero-order chi connectivity index (χ0) is 15.0. The minimum atomic E-state index is -0.695. The lowest BCUT2D eigenvalue weighted by Gasteiger charge is -2.10. The minimum Gasteiger partial charge on any atom is -0.493 e. The molecule has 0 fully saturated rings. The summed E-state index contributed by atoms with van der Waals surface area (Å²) >= 11 is 11.5. The van der Waals surface area contributed by atoms with Gasteiger partial charge in [-0.05, 0) is 12.1 Å². The second kappa shape index (κ2) is 6.55. The molecule has 0 saturated heterocycles. The van der Waals surface area contributed by atoms with Crippen molar-refractivity contribution in [3.63, 3.8) is 0 Å². The van der Waals surface area contributed by atoms with Crippen LogP contribution in [0, 0.1) is 5.82 Å². The van der Waals surface area contributed by atoms with Crippen LogP contribution in [0.15, 0.2) is 30.7 Å². The molecule has 22 heavy (non-hydrogen) atoms. The predicted octanol–water partition coefficient (Wildman–Crippen LogP) is 3.45.